The van der Waals surface area contributed by atoms with Crippen LogP contribution in [0.15, 0.2) is 78.9 Å². The third-order valence-electron chi connectivity index (χ3n) is 11.6. The number of carbonyl (C=O) groups is 2. The van der Waals surface area contributed by atoms with E-state index in [1.54, 1.807) is 0 Å². The summed E-state index contributed by atoms with van der Waals surface area (Å²) in [5, 5.41) is 13.3. The molecule has 0 heterocycles. The first-order valence-corrected chi connectivity index (χ1v) is 22.9. The molecule has 296 valence electrons. The average molecular weight is 760 g/mol. The van der Waals surface area contributed by atoms with Gasteiger partial charge in [0.25, 0.3) is 0 Å². The molecule has 1 amide bonds. The lowest BCUT2D eigenvalue weighted by atomic mass is 9.73. The zero-order chi connectivity index (χ0) is 39.1. The Kier molecular flexibility index (Phi) is 16.6. The predicted molar refractivity (Wildman–Crippen MR) is 218 cm³/mol. The number of rotatable bonds is 16. The number of amides is 1. The molecular weight excluding hydrogens is 695 g/mol. The zero-order valence-corrected chi connectivity index (χ0v) is 34.8. The van der Waals surface area contributed by atoms with Crippen LogP contribution in [0.4, 0.5) is 4.79 Å². The Morgan fingerprint density at radius 1 is 0.870 bits per heavy atom. The van der Waals surface area contributed by atoms with Gasteiger partial charge in [0.15, 0.2) is 14.9 Å². The van der Waals surface area contributed by atoms with Crippen molar-refractivity contribution in [3.63, 3.8) is 0 Å². The van der Waals surface area contributed by atoms with Crippen LogP contribution in [0, 0.1) is 17.8 Å². The lowest BCUT2D eigenvalue weighted by Crippen LogP contribution is -2.45. The van der Waals surface area contributed by atoms with Crippen LogP contribution in [0.3, 0.4) is 0 Å². The highest BCUT2D eigenvalue weighted by Gasteiger charge is 2.49. The second-order valence-corrected chi connectivity index (χ2v) is 21.3. The minimum absolute atomic E-state index is 0.0902. The van der Waals surface area contributed by atoms with Crippen LogP contribution >= 0.6 is 0 Å². The van der Waals surface area contributed by atoms with Crippen LogP contribution in [0.5, 0.6) is 5.75 Å². The number of esters is 1. The summed E-state index contributed by atoms with van der Waals surface area (Å²) >= 11 is 0. The zero-order valence-electron chi connectivity index (χ0n) is 33.8. The molecule has 2 aliphatic rings. The van der Waals surface area contributed by atoms with E-state index in [0.717, 1.165) is 61.8 Å². The van der Waals surface area contributed by atoms with Crippen molar-refractivity contribution in [1.29, 1.82) is 0 Å². The number of fused-ring (bicyclic) bond motifs is 2. The van der Waals surface area contributed by atoms with Gasteiger partial charge in [-0.25, -0.2) is 9.59 Å². The van der Waals surface area contributed by atoms with E-state index in [2.05, 4.69) is 58.2 Å². The Bertz CT molecular complexity index is 1580. The first-order valence-electron chi connectivity index (χ1n) is 20.0. The highest BCUT2D eigenvalue weighted by molar-refractivity contribution is 6.74. The van der Waals surface area contributed by atoms with Crippen molar-refractivity contribution in [3.8, 4) is 5.75 Å². The van der Waals surface area contributed by atoms with Gasteiger partial charge in [0.05, 0.1) is 6.10 Å². The van der Waals surface area contributed by atoms with Gasteiger partial charge < -0.3 is 29.1 Å². The molecule has 0 aliphatic heterocycles. The lowest BCUT2D eigenvalue weighted by Gasteiger charge is -2.40. The van der Waals surface area contributed by atoms with Gasteiger partial charge in [0.2, 0.25) is 0 Å². The maximum Gasteiger partial charge on any atom is 0.407 e. The number of aliphatic hydroxyl groups excluding tert-OH is 1. The molecule has 4 unspecified atom stereocenters. The van der Waals surface area contributed by atoms with Gasteiger partial charge in [-0.15, -0.1) is 0 Å². The highest BCUT2D eigenvalue weighted by Crippen LogP contribution is 2.51. The largest absolute Gasteiger partial charge is 0.482 e. The molecule has 5 rings (SSSR count). The van der Waals surface area contributed by atoms with Crippen LogP contribution in [0.2, 0.25) is 18.1 Å². The van der Waals surface area contributed by atoms with E-state index in [1.165, 1.54) is 31.0 Å². The van der Waals surface area contributed by atoms with Gasteiger partial charge in [-0.1, -0.05) is 120 Å². The summed E-state index contributed by atoms with van der Waals surface area (Å²) in [4.78, 5) is 23.1. The van der Waals surface area contributed by atoms with Crippen LogP contribution in [-0.4, -0.2) is 51.3 Å². The molecule has 0 radical (unpaired) electrons. The Balaban J connectivity index is 0.000000460. The fourth-order valence-corrected chi connectivity index (χ4v) is 8.85. The Morgan fingerprint density at radius 2 is 1.52 bits per heavy atom. The molecule has 3 aromatic carbocycles. The third-order valence-corrected chi connectivity index (χ3v) is 16.1. The molecule has 5 atom stereocenters. The SMILES string of the molecule is CCCCCC(O)CCC1C2Cc3cccc(OCC(=O)OCc4ccccc4)c3CC2C[C@@H]1O[Si](C)(C)C(C)(C)C.CNC(=O)OCc1ccccc1. The Hall–Kier alpha value is -3.66. The lowest BCUT2D eigenvalue weighted by molar-refractivity contribution is -0.147. The minimum atomic E-state index is -1.95. The molecule has 1 fully saturated rings. The molecule has 1 saturated carbocycles. The maximum atomic E-state index is 12.5. The van der Waals surface area contributed by atoms with E-state index in [4.69, 9.17) is 18.6 Å². The first kappa shape index (κ1) is 43.1. The maximum absolute atomic E-state index is 12.5. The number of aliphatic hydroxyl groups is 1. The predicted octanol–water partition coefficient (Wildman–Crippen LogP) is 9.81. The van der Waals surface area contributed by atoms with Crippen molar-refractivity contribution < 1.29 is 33.3 Å². The van der Waals surface area contributed by atoms with Gasteiger partial charge in [-0.3, -0.25) is 0 Å². The molecule has 0 bridgehead atoms. The van der Waals surface area contributed by atoms with Crippen molar-refractivity contribution in [2.24, 2.45) is 17.8 Å². The van der Waals surface area contributed by atoms with E-state index in [1.807, 2.05) is 66.7 Å². The number of nitrogens with one attached hydrogen (secondary N) is 1. The molecule has 3 aromatic rings. The number of hydrogen-bond donors (Lipinski definition) is 2. The highest BCUT2D eigenvalue weighted by atomic mass is 28.4. The van der Waals surface area contributed by atoms with Crippen LogP contribution < -0.4 is 10.1 Å². The van der Waals surface area contributed by atoms with E-state index >= 15 is 0 Å². The van der Waals surface area contributed by atoms with E-state index in [9.17, 15) is 14.7 Å². The fourth-order valence-electron chi connectivity index (χ4n) is 7.47. The summed E-state index contributed by atoms with van der Waals surface area (Å²) in [6, 6.07) is 25.5. The summed E-state index contributed by atoms with van der Waals surface area (Å²) in [7, 11) is -0.410. The molecule has 2 N–H and O–H groups in total. The Labute approximate surface area is 325 Å². The summed E-state index contributed by atoms with van der Waals surface area (Å²) in [6.07, 6.45) is 8.87. The first-order chi connectivity index (χ1) is 25.8. The molecule has 2 aliphatic carbocycles. The molecule has 0 spiro atoms. The van der Waals surface area contributed by atoms with Crippen LogP contribution in [-0.2, 0) is 44.7 Å². The normalized spacial score (nSPS) is 19.7. The van der Waals surface area contributed by atoms with Crippen LogP contribution in [0.1, 0.15) is 94.9 Å². The number of benzene rings is 3. The summed E-state index contributed by atoms with van der Waals surface area (Å²) in [6.45, 7) is 14.4. The standard InChI is InChI=1S/C36H54O5Si.C9H11NO2/c1-7-8-10-17-29(37)19-20-30-31-21-27-16-13-18-33(39-25-35(38)40-24-26-14-11-9-12-15-26)32(27)22-28(31)23-34(30)41-42(5,6)36(2,3)4;1-10-9(11)12-7-8-5-3-2-4-6-8/h9,11-16,18,28-31,34,37H,7-8,10,17,19-25H2,1-6H3;2-6H,7H2,1H3,(H,10,11)/t28?,29?,30?,31?,34-;/m0./s1. The molecule has 54 heavy (non-hydrogen) atoms. The summed E-state index contributed by atoms with van der Waals surface area (Å²) in [5.41, 5.74) is 4.52. The molecule has 0 aromatic heterocycles. The second kappa shape index (κ2) is 20.9. The fraction of sp³-hybridized carbons (Fsp3) is 0.556. The van der Waals surface area contributed by atoms with Crippen LogP contribution in [0.25, 0.3) is 0 Å². The van der Waals surface area contributed by atoms with Gasteiger partial charge in [-0.2, -0.15) is 0 Å². The molecule has 8 nitrogen and oxygen atoms in total. The van der Waals surface area contributed by atoms with Gasteiger partial charge in [-0.05, 0) is 103 Å². The Morgan fingerprint density at radius 3 is 2.13 bits per heavy atom. The third kappa shape index (κ3) is 13.0. The van der Waals surface area contributed by atoms with Crippen molar-refractivity contribution in [2.45, 2.75) is 129 Å². The summed E-state index contributed by atoms with van der Waals surface area (Å²) < 4.78 is 23.5. The number of hydrogen-bond acceptors (Lipinski definition) is 7. The minimum Gasteiger partial charge on any atom is -0.482 e. The van der Waals surface area contributed by atoms with Crippen molar-refractivity contribution >= 4 is 20.4 Å². The number of ether oxygens (including phenoxy) is 3. The molecular formula is C45H65NO7Si. The number of alkyl carbamates (subject to hydrolysis) is 1. The average Bonchev–Trinajstić information content (AvgIpc) is 3.48. The van der Waals surface area contributed by atoms with Gasteiger partial charge in [0.1, 0.15) is 19.0 Å². The smallest absolute Gasteiger partial charge is 0.407 e. The van der Waals surface area contributed by atoms with Crippen molar-refractivity contribution in [2.75, 3.05) is 13.7 Å². The van der Waals surface area contributed by atoms with E-state index in [-0.39, 0.29) is 36.4 Å². The second-order valence-electron chi connectivity index (χ2n) is 16.5. The van der Waals surface area contributed by atoms with Gasteiger partial charge >= 0.3 is 12.1 Å². The summed E-state index contributed by atoms with van der Waals surface area (Å²) in [5.74, 6) is 1.96. The number of carbonyl (C=O) groups excluding carboxylic acids is 2. The monoisotopic (exact) mass is 759 g/mol. The quantitative estimate of drug-likeness (QED) is 0.0852. The van der Waals surface area contributed by atoms with Gasteiger partial charge in [0, 0.05) is 13.2 Å². The van der Waals surface area contributed by atoms with E-state index in [0.29, 0.717) is 24.4 Å². The molecule has 0 saturated heterocycles. The van der Waals surface area contributed by atoms with Crippen molar-refractivity contribution in [3.05, 3.63) is 101 Å². The molecule has 9 heteroatoms. The topological polar surface area (TPSA) is 103 Å². The number of unbranched alkanes of at least 4 members (excludes halogenated alkanes) is 2. The van der Waals surface area contributed by atoms with Crippen molar-refractivity contribution in [1.82, 2.24) is 5.32 Å². The van der Waals surface area contributed by atoms with E-state index < -0.39 is 14.4 Å².